The van der Waals surface area contributed by atoms with Gasteiger partial charge in [0.05, 0.1) is 0 Å². The van der Waals surface area contributed by atoms with Crippen LogP contribution >= 0.6 is 0 Å². The van der Waals surface area contributed by atoms with Gasteiger partial charge < -0.3 is 9.15 Å². The standard InChI is InChI=1S/C17H18O3/c1-4-13-6-8-15(19-13)16(18)11-5-7-14-12(9-11)10-17(2,3)20-14/h5-9H,4,10H2,1-3H3. The summed E-state index contributed by atoms with van der Waals surface area (Å²) in [5.41, 5.74) is 1.55. The van der Waals surface area contributed by atoms with Crippen molar-refractivity contribution >= 4 is 5.78 Å². The Kier molecular flexibility index (Phi) is 2.93. The van der Waals surface area contributed by atoms with E-state index < -0.39 is 0 Å². The molecule has 1 aromatic heterocycles. The number of fused-ring (bicyclic) bond motifs is 1. The van der Waals surface area contributed by atoms with Crippen LogP contribution < -0.4 is 4.74 Å². The average Bonchev–Trinajstić information content (AvgIpc) is 2.98. The normalized spacial score (nSPS) is 15.8. The van der Waals surface area contributed by atoms with Gasteiger partial charge in [-0.25, -0.2) is 0 Å². The Labute approximate surface area is 118 Å². The van der Waals surface area contributed by atoms with Gasteiger partial charge in [0.2, 0.25) is 5.78 Å². The number of benzene rings is 1. The molecule has 0 amide bonds. The molecular weight excluding hydrogens is 252 g/mol. The van der Waals surface area contributed by atoms with E-state index in [0.29, 0.717) is 11.3 Å². The number of furan rings is 1. The molecule has 1 aliphatic rings. The molecule has 0 radical (unpaired) electrons. The molecule has 0 spiro atoms. The Balaban J connectivity index is 1.90. The van der Waals surface area contributed by atoms with Crippen molar-refractivity contribution in [2.75, 3.05) is 0 Å². The molecule has 0 atom stereocenters. The van der Waals surface area contributed by atoms with Gasteiger partial charge in [-0.3, -0.25) is 4.79 Å². The van der Waals surface area contributed by atoms with Gasteiger partial charge in [-0.05, 0) is 49.7 Å². The van der Waals surface area contributed by atoms with Crippen molar-refractivity contribution in [3.63, 3.8) is 0 Å². The van der Waals surface area contributed by atoms with Crippen LogP contribution in [0.15, 0.2) is 34.7 Å². The minimum absolute atomic E-state index is 0.0720. The summed E-state index contributed by atoms with van der Waals surface area (Å²) < 4.78 is 11.4. The summed E-state index contributed by atoms with van der Waals surface area (Å²) in [7, 11) is 0. The average molecular weight is 270 g/mol. The van der Waals surface area contributed by atoms with Gasteiger partial charge in [0.15, 0.2) is 5.76 Å². The highest BCUT2D eigenvalue weighted by atomic mass is 16.5. The molecule has 0 N–H and O–H groups in total. The molecule has 0 unspecified atom stereocenters. The van der Waals surface area contributed by atoms with E-state index in [1.54, 1.807) is 12.1 Å². The lowest BCUT2D eigenvalue weighted by molar-refractivity contribution is 0.101. The highest BCUT2D eigenvalue weighted by molar-refractivity contribution is 6.07. The number of aryl methyl sites for hydroxylation is 1. The van der Waals surface area contributed by atoms with Crippen LogP contribution in [0.4, 0.5) is 0 Å². The highest BCUT2D eigenvalue weighted by Crippen LogP contribution is 2.35. The van der Waals surface area contributed by atoms with E-state index in [1.807, 2.05) is 25.1 Å². The summed E-state index contributed by atoms with van der Waals surface area (Å²) in [6, 6.07) is 9.19. The van der Waals surface area contributed by atoms with Crippen molar-refractivity contribution in [2.45, 2.75) is 39.2 Å². The van der Waals surface area contributed by atoms with Crippen LogP contribution in [0.1, 0.15) is 48.2 Å². The summed E-state index contributed by atoms with van der Waals surface area (Å²) in [5.74, 6) is 2.04. The SMILES string of the molecule is CCc1ccc(C(=O)c2ccc3c(c2)CC(C)(C)O3)o1. The van der Waals surface area contributed by atoms with Crippen LogP contribution in [0.2, 0.25) is 0 Å². The minimum atomic E-state index is -0.190. The lowest BCUT2D eigenvalue weighted by Crippen LogP contribution is -2.24. The molecule has 1 aromatic carbocycles. The zero-order valence-electron chi connectivity index (χ0n) is 12.0. The Morgan fingerprint density at radius 1 is 1.25 bits per heavy atom. The van der Waals surface area contributed by atoms with Gasteiger partial charge in [-0.1, -0.05) is 6.92 Å². The molecule has 0 saturated carbocycles. The van der Waals surface area contributed by atoms with Crippen molar-refractivity contribution in [1.82, 2.24) is 0 Å². The Hall–Kier alpha value is -2.03. The Bertz CT molecular complexity index is 665. The molecule has 104 valence electrons. The largest absolute Gasteiger partial charge is 0.487 e. The van der Waals surface area contributed by atoms with Gasteiger partial charge in [-0.2, -0.15) is 0 Å². The second kappa shape index (κ2) is 4.51. The van der Waals surface area contributed by atoms with Gasteiger partial charge in [0.25, 0.3) is 0 Å². The van der Waals surface area contributed by atoms with E-state index >= 15 is 0 Å². The Morgan fingerprint density at radius 3 is 2.75 bits per heavy atom. The first kappa shape index (κ1) is 13.0. The van der Waals surface area contributed by atoms with Crippen LogP contribution in [0.25, 0.3) is 0 Å². The van der Waals surface area contributed by atoms with Gasteiger partial charge in [0.1, 0.15) is 17.1 Å². The molecule has 0 saturated heterocycles. The predicted molar refractivity (Wildman–Crippen MR) is 76.4 cm³/mol. The topological polar surface area (TPSA) is 39.4 Å². The molecule has 3 nitrogen and oxygen atoms in total. The number of carbonyl (C=O) groups is 1. The summed E-state index contributed by atoms with van der Waals surface area (Å²) >= 11 is 0. The number of ether oxygens (including phenoxy) is 1. The maximum Gasteiger partial charge on any atom is 0.228 e. The van der Waals surface area contributed by atoms with Gasteiger partial charge >= 0.3 is 0 Å². The van der Waals surface area contributed by atoms with Crippen LogP contribution in [0.5, 0.6) is 5.75 Å². The second-order valence-corrected chi connectivity index (χ2v) is 5.81. The van der Waals surface area contributed by atoms with Crippen molar-refractivity contribution in [3.8, 4) is 5.75 Å². The molecule has 3 heteroatoms. The number of hydrogen-bond acceptors (Lipinski definition) is 3. The first-order valence-electron chi connectivity index (χ1n) is 6.94. The second-order valence-electron chi connectivity index (χ2n) is 5.81. The van der Waals surface area contributed by atoms with E-state index in [4.69, 9.17) is 9.15 Å². The molecule has 0 fully saturated rings. The quantitative estimate of drug-likeness (QED) is 0.797. The molecule has 0 bridgehead atoms. The Morgan fingerprint density at radius 2 is 2.05 bits per heavy atom. The van der Waals surface area contributed by atoms with Crippen molar-refractivity contribution in [3.05, 3.63) is 53.0 Å². The zero-order chi connectivity index (χ0) is 14.3. The number of hydrogen-bond donors (Lipinski definition) is 0. The van der Waals surface area contributed by atoms with E-state index in [1.165, 1.54) is 0 Å². The van der Waals surface area contributed by atoms with Crippen LogP contribution in [-0.4, -0.2) is 11.4 Å². The third-order valence-electron chi connectivity index (χ3n) is 3.56. The summed E-state index contributed by atoms with van der Waals surface area (Å²) in [4.78, 5) is 12.4. The first-order chi connectivity index (χ1) is 9.48. The van der Waals surface area contributed by atoms with Crippen molar-refractivity contribution < 1.29 is 13.9 Å². The fourth-order valence-corrected chi connectivity index (χ4v) is 2.58. The monoisotopic (exact) mass is 270 g/mol. The molecule has 2 heterocycles. The van der Waals surface area contributed by atoms with Crippen LogP contribution in [-0.2, 0) is 12.8 Å². The highest BCUT2D eigenvalue weighted by Gasteiger charge is 2.30. The number of rotatable bonds is 3. The first-order valence-corrected chi connectivity index (χ1v) is 6.94. The van der Waals surface area contributed by atoms with Gasteiger partial charge in [-0.15, -0.1) is 0 Å². The smallest absolute Gasteiger partial charge is 0.228 e. The maximum atomic E-state index is 12.4. The van der Waals surface area contributed by atoms with Gasteiger partial charge in [0, 0.05) is 18.4 Å². The van der Waals surface area contributed by atoms with Crippen molar-refractivity contribution in [1.29, 1.82) is 0 Å². The third kappa shape index (κ3) is 2.24. The molecule has 2 aromatic rings. The summed E-state index contributed by atoms with van der Waals surface area (Å²) in [6.07, 6.45) is 1.61. The lowest BCUT2D eigenvalue weighted by atomic mass is 9.98. The molecule has 0 aliphatic carbocycles. The third-order valence-corrected chi connectivity index (χ3v) is 3.56. The van der Waals surface area contributed by atoms with Crippen LogP contribution in [0.3, 0.4) is 0 Å². The van der Waals surface area contributed by atoms with Crippen molar-refractivity contribution in [2.24, 2.45) is 0 Å². The number of carbonyl (C=O) groups excluding carboxylic acids is 1. The maximum absolute atomic E-state index is 12.4. The van der Waals surface area contributed by atoms with E-state index in [2.05, 4.69) is 13.8 Å². The summed E-state index contributed by atoms with van der Waals surface area (Å²) in [5, 5.41) is 0. The van der Waals surface area contributed by atoms with E-state index in [9.17, 15) is 4.79 Å². The predicted octanol–water partition coefficient (Wildman–Crippen LogP) is 3.79. The fraction of sp³-hybridized carbons (Fsp3) is 0.353. The molecule has 1 aliphatic heterocycles. The van der Waals surface area contributed by atoms with Crippen LogP contribution in [0, 0.1) is 0 Å². The molecule has 3 rings (SSSR count). The fourth-order valence-electron chi connectivity index (χ4n) is 2.58. The van der Waals surface area contributed by atoms with E-state index in [0.717, 1.165) is 29.9 Å². The molecular formula is C17H18O3. The van der Waals surface area contributed by atoms with E-state index in [-0.39, 0.29) is 11.4 Å². The zero-order valence-corrected chi connectivity index (χ0v) is 12.0. The lowest BCUT2D eigenvalue weighted by Gasteiger charge is -2.16. The summed E-state index contributed by atoms with van der Waals surface area (Å²) in [6.45, 7) is 6.10. The minimum Gasteiger partial charge on any atom is -0.487 e. The number of ketones is 1. The molecule has 20 heavy (non-hydrogen) atoms.